The first-order chi connectivity index (χ1) is 9.72. The Labute approximate surface area is 117 Å². The van der Waals surface area contributed by atoms with E-state index in [1.807, 2.05) is 24.3 Å². The van der Waals surface area contributed by atoms with E-state index in [1.54, 1.807) is 24.3 Å². The number of hydrogen-bond acceptors (Lipinski definition) is 3. The summed E-state index contributed by atoms with van der Waals surface area (Å²) < 4.78 is 0. The number of aromatic hydroxyl groups is 1. The minimum absolute atomic E-state index is 0.0300. The van der Waals surface area contributed by atoms with Gasteiger partial charge in [0.05, 0.1) is 5.92 Å². The Morgan fingerprint density at radius 1 is 1.20 bits per heavy atom. The van der Waals surface area contributed by atoms with Gasteiger partial charge in [-0.2, -0.15) is 0 Å². The lowest BCUT2D eigenvalue weighted by Crippen LogP contribution is -2.33. The quantitative estimate of drug-likeness (QED) is 0.784. The number of para-hydroxylation sites is 1. The fourth-order valence-electron chi connectivity index (χ4n) is 2.45. The van der Waals surface area contributed by atoms with Crippen LogP contribution in [0.4, 0.5) is 11.4 Å². The van der Waals surface area contributed by atoms with E-state index in [2.05, 4.69) is 10.6 Å². The van der Waals surface area contributed by atoms with Crippen LogP contribution < -0.4 is 10.6 Å². The second kappa shape index (κ2) is 5.25. The fourth-order valence-corrected chi connectivity index (χ4v) is 2.45. The molecular formula is C16H16N2O2. The normalized spacial score (nSPS) is 16.9. The van der Waals surface area contributed by atoms with Crippen molar-refractivity contribution in [3.8, 4) is 5.75 Å². The standard InChI is InChI=1S/C16H16N2O2/c19-14-6-3-5-13(9-14)18-16(20)12-8-11-4-1-2-7-15(11)17-10-12/h1-7,9,12,17,19H,8,10H2,(H,18,20). The van der Waals surface area contributed by atoms with Gasteiger partial charge >= 0.3 is 0 Å². The number of phenols is 1. The molecule has 1 atom stereocenters. The van der Waals surface area contributed by atoms with E-state index >= 15 is 0 Å². The van der Waals surface area contributed by atoms with Gasteiger partial charge in [0.25, 0.3) is 0 Å². The maximum atomic E-state index is 12.3. The third-order valence-electron chi connectivity index (χ3n) is 3.51. The molecule has 0 bridgehead atoms. The van der Waals surface area contributed by atoms with Crippen LogP contribution in [0.2, 0.25) is 0 Å². The molecule has 1 aliphatic heterocycles. The van der Waals surface area contributed by atoms with E-state index in [0.717, 1.165) is 17.7 Å². The Morgan fingerprint density at radius 3 is 2.90 bits per heavy atom. The lowest BCUT2D eigenvalue weighted by Gasteiger charge is -2.25. The van der Waals surface area contributed by atoms with Gasteiger partial charge in [0.15, 0.2) is 0 Å². The van der Waals surface area contributed by atoms with E-state index in [1.165, 1.54) is 0 Å². The van der Waals surface area contributed by atoms with Crippen LogP contribution in [0.25, 0.3) is 0 Å². The van der Waals surface area contributed by atoms with Gasteiger partial charge in [0, 0.05) is 24.0 Å². The van der Waals surface area contributed by atoms with Crippen molar-refractivity contribution in [1.82, 2.24) is 0 Å². The Kier molecular flexibility index (Phi) is 3.29. The topological polar surface area (TPSA) is 61.4 Å². The summed E-state index contributed by atoms with van der Waals surface area (Å²) >= 11 is 0. The smallest absolute Gasteiger partial charge is 0.229 e. The predicted molar refractivity (Wildman–Crippen MR) is 78.9 cm³/mol. The lowest BCUT2D eigenvalue weighted by molar-refractivity contribution is -0.119. The summed E-state index contributed by atoms with van der Waals surface area (Å²) in [7, 11) is 0. The van der Waals surface area contributed by atoms with Gasteiger partial charge in [0.1, 0.15) is 5.75 Å². The molecule has 0 saturated carbocycles. The van der Waals surface area contributed by atoms with E-state index in [4.69, 9.17) is 0 Å². The summed E-state index contributed by atoms with van der Waals surface area (Å²) in [5.41, 5.74) is 2.89. The van der Waals surface area contributed by atoms with Gasteiger partial charge in [0.2, 0.25) is 5.91 Å². The number of benzene rings is 2. The number of rotatable bonds is 2. The average Bonchev–Trinajstić information content (AvgIpc) is 2.47. The lowest BCUT2D eigenvalue weighted by atomic mass is 9.93. The minimum Gasteiger partial charge on any atom is -0.508 e. The average molecular weight is 268 g/mol. The van der Waals surface area contributed by atoms with Crippen LogP contribution >= 0.6 is 0 Å². The van der Waals surface area contributed by atoms with Crippen molar-refractivity contribution in [3.63, 3.8) is 0 Å². The molecule has 4 heteroatoms. The number of hydrogen-bond donors (Lipinski definition) is 3. The SMILES string of the molecule is O=C(Nc1cccc(O)c1)C1CNc2ccccc2C1. The molecule has 0 fully saturated rings. The molecule has 3 rings (SSSR count). The van der Waals surface area contributed by atoms with Gasteiger partial charge in [-0.25, -0.2) is 0 Å². The van der Waals surface area contributed by atoms with Crippen LogP contribution in [0.3, 0.4) is 0 Å². The van der Waals surface area contributed by atoms with Gasteiger partial charge in [-0.3, -0.25) is 4.79 Å². The van der Waals surface area contributed by atoms with E-state index in [0.29, 0.717) is 12.2 Å². The molecule has 0 aromatic heterocycles. The number of amides is 1. The van der Waals surface area contributed by atoms with Crippen LogP contribution in [0.1, 0.15) is 5.56 Å². The molecule has 0 spiro atoms. The van der Waals surface area contributed by atoms with Gasteiger partial charge in [-0.1, -0.05) is 24.3 Å². The monoisotopic (exact) mass is 268 g/mol. The molecular weight excluding hydrogens is 252 g/mol. The van der Waals surface area contributed by atoms with Crippen LogP contribution in [-0.2, 0) is 11.2 Å². The second-order valence-electron chi connectivity index (χ2n) is 4.98. The Morgan fingerprint density at radius 2 is 2.05 bits per heavy atom. The Bertz CT molecular complexity index is 640. The Hall–Kier alpha value is -2.49. The van der Waals surface area contributed by atoms with E-state index < -0.39 is 0 Å². The fraction of sp³-hybridized carbons (Fsp3) is 0.188. The van der Waals surface area contributed by atoms with Crippen LogP contribution in [0.5, 0.6) is 5.75 Å². The maximum Gasteiger partial charge on any atom is 0.229 e. The summed E-state index contributed by atoms with van der Waals surface area (Å²) in [6.45, 7) is 0.627. The van der Waals surface area contributed by atoms with Crippen molar-refractivity contribution in [1.29, 1.82) is 0 Å². The molecule has 0 aliphatic carbocycles. The van der Waals surface area contributed by atoms with Crippen molar-refractivity contribution >= 4 is 17.3 Å². The zero-order valence-corrected chi connectivity index (χ0v) is 11.0. The highest BCUT2D eigenvalue weighted by molar-refractivity contribution is 5.93. The molecule has 102 valence electrons. The third kappa shape index (κ3) is 2.59. The molecule has 2 aromatic carbocycles. The molecule has 0 saturated heterocycles. The first-order valence-electron chi connectivity index (χ1n) is 6.64. The molecule has 1 aliphatic rings. The highest BCUT2D eigenvalue weighted by atomic mass is 16.3. The van der Waals surface area contributed by atoms with Crippen molar-refractivity contribution in [2.45, 2.75) is 6.42 Å². The highest BCUT2D eigenvalue weighted by Crippen LogP contribution is 2.25. The molecule has 4 nitrogen and oxygen atoms in total. The molecule has 1 unspecified atom stereocenters. The number of carbonyl (C=O) groups is 1. The van der Waals surface area contributed by atoms with Crippen molar-refractivity contribution in [2.75, 3.05) is 17.2 Å². The van der Waals surface area contributed by atoms with Crippen LogP contribution in [0, 0.1) is 5.92 Å². The third-order valence-corrected chi connectivity index (χ3v) is 3.51. The van der Waals surface area contributed by atoms with E-state index in [-0.39, 0.29) is 17.6 Å². The summed E-state index contributed by atoms with van der Waals surface area (Å²) in [6, 6.07) is 14.6. The number of fused-ring (bicyclic) bond motifs is 1. The summed E-state index contributed by atoms with van der Waals surface area (Å²) in [5, 5.41) is 15.5. The largest absolute Gasteiger partial charge is 0.508 e. The zero-order chi connectivity index (χ0) is 13.9. The van der Waals surface area contributed by atoms with Crippen molar-refractivity contribution < 1.29 is 9.90 Å². The second-order valence-corrected chi connectivity index (χ2v) is 4.98. The molecule has 1 heterocycles. The summed E-state index contributed by atoms with van der Waals surface area (Å²) in [5.74, 6) is 0.0137. The molecule has 20 heavy (non-hydrogen) atoms. The summed E-state index contributed by atoms with van der Waals surface area (Å²) in [6.07, 6.45) is 0.730. The van der Waals surface area contributed by atoms with Gasteiger partial charge in [-0.15, -0.1) is 0 Å². The predicted octanol–water partition coefficient (Wildman–Crippen LogP) is 2.62. The number of nitrogens with one attached hydrogen (secondary N) is 2. The maximum absolute atomic E-state index is 12.3. The molecule has 3 N–H and O–H groups in total. The molecule has 0 radical (unpaired) electrons. The Balaban J connectivity index is 1.70. The first-order valence-corrected chi connectivity index (χ1v) is 6.64. The van der Waals surface area contributed by atoms with Crippen molar-refractivity contribution in [2.24, 2.45) is 5.92 Å². The molecule has 2 aromatic rings. The number of carbonyl (C=O) groups excluding carboxylic acids is 1. The number of phenolic OH excluding ortho intramolecular Hbond substituents is 1. The van der Waals surface area contributed by atoms with E-state index in [9.17, 15) is 9.90 Å². The zero-order valence-electron chi connectivity index (χ0n) is 11.0. The molecule has 1 amide bonds. The van der Waals surface area contributed by atoms with Gasteiger partial charge in [-0.05, 0) is 30.2 Å². The summed E-state index contributed by atoms with van der Waals surface area (Å²) in [4.78, 5) is 12.3. The highest BCUT2D eigenvalue weighted by Gasteiger charge is 2.24. The number of anilines is 2. The van der Waals surface area contributed by atoms with Crippen molar-refractivity contribution in [3.05, 3.63) is 54.1 Å². The van der Waals surface area contributed by atoms with Crippen LogP contribution in [-0.4, -0.2) is 17.6 Å². The first kappa shape index (κ1) is 12.5. The van der Waals surface area contributed by atoms with Gasteiger partial charge < -0.3 is 15.7 Å². The van der Waals surface area contributed by atoms with Crippen LogP contribution in [0.15, 0.2) is 48.5 Å². The minimum atomic E-state index is -0.104.